The maximum atomic E-state index is 12.2. The van der Waals surface area contributed by atoms with Crippen molar-refractivity contribution in [1.82, 2.24) is 14.6 Å². The van der Waals surface area contributed by atoms with Crippen LogP contribution in [0.1, 0.15) is 36.8 Å². The van der Waals surface area contributed by atoms with Crippen molar-refractivity contribution in [2.24, 2.45) is 0 Å². The summed E-state index contributed by atoms with van der Waals surface area (Å²) >= 11 is 1.14. The van der Waals surface area contributed by atoms with Crippen molar-refractivity contribution in [2.45, 2.75) is 26.2 Å². The lowest BCUT2D eigenvalue weighted by Gasteiger charge is -2.19. The number of hydrogen-bond acceptors (Lipinski definition) is 6. The van der Waals surface area contributed by atoms with Crippen LogP contribution in [0.5, 0.6) is 0 Å². The van der Waals surface area contributed by atoms with Gasteiger partial charge in [0, 0.05) is 35.3 Å². The maximum absolute atomic E-state index is 12.2. The number of hydrogen-bond donors (Lipinski definition) is 2. The summed E-state index contributed by atoms with van der Waals surface area (Å²) in [5.41, 5.74) is 1.29. The van der Waals surface area contributed by atoms with Crippen LogP contribution in [0.25, 0.3) is 0 Å². The molecule has 0 fully saturated rings. The predicted molar refractivity (Wildman–Crippen MR) is 80.3 cm³/mol. The third kappa shape index (κ3) is 3.30. The van der Waals surface area contributed by atoms with Gasteiger partial charge in [-0.15, -0.1) is 5.10 Å². The minimum Gasteiger partial charge on any atom is -0.373 e. The van der Waals surface area contributed by atoms with Gasteiger partial charge in [0.05, 0.1) is 6.20 Å². The molecule has 2 aromatic rings. The Kier molecular flexibility index (Phi) is 3.99. The Morgan fingerprint density at radius 2 is 2.05 bits per heavy atom. The highest BCUT2D eigenvalue weighted by molar-refractivity contribution is 7.10. The first kappa shape index (κ1) is 14.4. The number of aromatic nitrogens is 3. The van der Waals surface area contributed by atoms with Crippen LogP contribution in [0, 0.1) is 0 Å². The van der Waals surface area contributed by atoms with E-state index in [1.54, 1.807) is 13.1 Å². The highest BCUT2D eigenvalue weighted by atomic mass is 32.1. The molecular weight excluding hydrogens is 274 g/mol. The average molecular weight is 291 g/mol. The molecule has 1 amide bonds. The molecule has 0 spiro atoms. The van der Waals surface area contributed by atoms with Gasteiger partial charge in [-0.05, 0) is 12.1 Å². The van der Waals surface area contributed by atoms with Crippen LogP contribution in [0.15, 0.2) is 18.3 Å². The molecule has 2 heterocycles. The van der Waals surface area contributed by atoms with Crippen molar-refractivity contribution in [3.63, 3.8) is 0 Å². The number of nitrogens with zero attached hydrogens (tertiary/aromatic N) is 3. The molecule has 106 valence electrons. The van der Waals surface area contributed by atoms with Gasteiger partial charge in [0.15, 0.2) is 0 Å². The van der Waals surface area contributed by atoms with Crippen molar-refractivity contribution >= 4 is 28.3 Å². The first-order chi connectivity index (χ1) is 9.40. The van der Waals surface area contributed by atoms with Crippen molar-refractivity contribution < 1.29 is 4.79 Å². The summed E-state index contributed by atoms with van der Waals surface area (Å²) in [5, 5.41) is 10.1. The standard InChI is InChI=1S/C13H17N5OS/c1-13(2,3)9-5-8(6-10(14-4)16-9)12(19)17-11-7-15-18-20-11/h5-7H,1-4H3,(H,14,16)(H,17,19). The number of anilines is 2. The van der Waals surface area contributed by atoms with E-state index in [1.165, 1.54) is 6.20 Å². The minimum absolute atomic E-state index is 0.131. The Hall–Kier alpha value is -2.02. The van der Waals surface area contributed by atoms with Gasteiger partial charge in [-0.25, -0.2) is 4.98 Å². The second kappa shape index (κ2) is 5.54. The molecule has 0 aromatic carbocycles. The molecule has 0 atom stereocenters. The van der Waals surface area contributed by atoms with Crippen molar-refractivity contribution in [3.8, 4) is 0 Å². The van der Waals surface area contributed by atoms with Crippen LogP contribution >= 0.6 is 11.5 Å². The Labute approximate surface area is 121 Å². The van der Waals surface area contributed by atoms with E-state index in [0.29, 0.717) is 16.4 Å². The summed E-state index contributed by atoms with van der Waals surface area (Å²) < 4.78 is 3.71. The molecule has 0 saturated carbocycles. The van der Waals surface area contributed by atoms with E-state index in [9.17, 15) is 4.79 Å². The Balaban J connectivity index is 2.33. The SMILES string of the molecule is CNc1cc(C(=O)Nc2cnns2)cc(C(C)(C)C)n1. The number of rotatable bonds is 3. The fourth-order valence-electron chi connectivity index (χ4n) is 1.58. The summed E-state index contributed by atoms with van der Waals surface area (Å²) in [6, 6.07) is 3.53. The number of carbonyl (C=O) groups is 1. The highest BCUT2D eigenvalue weighted by Crippen LogP contribution is 2.24. The van der Waals surface area contributed by atoms with E-state index in [2.05, 4.69) is 46.0 Å². The molecule has 0 unspecified atom stereocenters. The molecule has 0 bridgehead atoms. The quantitative estimate of drug-likeness (QED) is 0.908. The van der Waals surface area contributed by atoms with Gasteiger partial charge in [-0.2, -0.15) is 0 Å². The molecule has 7 heteroatoms. The zero-order chi connectivity index (χ0) is 14.8. The average Bonchev–Trinajstić information content (AvgIpc) is 2.90. The van der Waals surface area contributed by atoms with Crippen molar-refractivity contribution in [2.75, 3.05) is 17.7 Å². The Morgan fingerprint density at radius 1 is 1.30 bits per heavy atom. The zero-order valence-electron chi connectivity index (χ0n) is 11.9. The molecule has 0 aliphatic carbocycles. The Bertz CT molecular complexity index is 604. The van der Waals surface area contributed by atoms with Gasteiger partial charge in [0.25, 0.3) is 5.91 Å². The fourth-order valence-corrected chi connectivity index (χ4v) is 2.00. The largest absolute Gasteiger partial charge is 0.373 e. The van der Waals surface area contributed by atoms with E-state index in [-0.39, 0.29) is 11.3 Å². The summed E-state index contributed by atoms with van der Waals surface area (Å²) in [6.07, 6.45) is 1.52. The van der Waals surface area contributed by atoms with E-state index >= 15 is 0 Å². The summed E-state index contributed by atoms with van der Waals surface area (Å²) in [5.74, 6) is 0.477. The van der Waals surface area contributed by atoms with Gasteiger partial charge in [-0.1, -0.05) is 25.3 Å². The van der Waals surface area contributed by atoms with E-state index in [1.807, 2.05) is 6.07 Å². The van der Waals surface area contributed by atoms with E-state index in [4.69, 9.17) is 0 Å². The highest BCUT2D eigenvalue weighted by Gasteiger charge is 2.19. The summed E-state index contributed by atoms with van der Waals surface area (Å²) in [4.78, 5) is 16.7. The molecule has 0 aliphatic heterocycles. The topological polar surface area (TPSA) is 79.8 Å². The van der Waals surface area contributed by atoms with Gasteiger partial charge >= 0.3 is 0 Å². The number of carbonyl (C=O) groups excluding carboxylic acids is 1. The third-order valence-corrected chi connectivity index (χ3v) is 3.29. The molecule has 6 nitrogen and oxygen atoms in total. The van der Waals surface area contributed by atoms with Crippen LogP contribution in [0.2, 0.25) is 0 Å². The first-order valence-corrected chi connectivity index (χ1v) is 6.96. The van der Waals surface area contributed by atoms with Gasteiger partial charge in [0.2, 0.25) is 0 Å². The molecule has 2 N–H and O–H groups in total. The normalized spacial score (nSPS) is 11.2. The first-order valence-electron chi connectivity index (χ1n) is 6.19. The van der Waals surface area contributed by atoms with Gasteiger partial charge < -0.3 is 10.6 Å². The molecule has 0 aliphatic rings. The number of nitrogens with one attached hydrogen (secondary N) is 2. The molecular formula is C13H17N5OS. The second-order valence-corrected chi connectivity index (χ2v) is 6.15. The fraction of sp³-hybridized carbons (Fsp3) is 0.385. The predicted octanol–water partition coefficient (Wildman–Crippen LogP) is 2.52. The molecule has 0 saturated heterocycles. The van der Waals surface area contributed by atoms with Crippen LogP contribution in [-0.4, -0.2) is 27.5 Å². The zero-order valence-corrected chi connectivity index (χ0v) is 12.7. The van der Waals surface area contributed by atoms with Crippen LogP contribution in [0.3, 0.4) is 0 Å². The molecule has 0 radical (unpaired) electrons. The smallest absolute Gasteiger partial charge is 0.256 e. The molecule has 2 rings (SSSR count). The summed E-state index contributed by atoms with van der Waals surface area (Å²) in [6.45, 7) is 6.18. The monoisotopic (exact) mass is 291 g/mol. The van der Waals surface area contributed by atoms with Gasteiger partial charge in [-0.3, -0.25) is 4.79 Å². The minimum atomic E-state index is -0.194. The molecule has 20 heavy (non-hydrogen) atoms. The third-order valence-electron chi connectivity index (χ3n) is 2.71. The summed E-state index contributed by atoms with van der Waals surface area (Å²) in [7, 11) is 1.78. The van der Waals surface area contributed by atoms with E-state index in [0.717, 1.165) is 17.2 Å². The van der Waals surface area contributed by atoms with Gasteiger partial charge in [0.1, 0.15) is 10.8 Å². The molecule has 2 aromatic heterocycles. The second-order valence-electron chi connectivity index (χ2n) is 5.36. The number of pyridine rings is 1. The lowest BCUT2D eigenvalue weighted by molar-refractivity contribution is 0.102. The maximum Gasteiger partial charge on any atom is 0.256 e. The van der Waals surface area contributed by atoms with Crippen molar-refractivity contribution in [1.29, 1.82) is 0 Å². The number of amides is 1. The van der Waals surface area contributed by atoms with Crippen LogP contribution in [-0.2, 0) is 5.41 Å². The van der Waals surface area contributed by atoms with Crippen molar-refractivity contribution in [3.05, 3.63) is 29.6 Å². The Morgan fingerprint density at radius 3 is 2.60 bits per heavy atom. The van der Waals surface area contributed by atoms with Crippen LogP contribution in [0.4, 0.5) is 10.8 Å². The van der Waals surface area contributed by atoms with Crippen LogP contribution < -0.4 is 10.6 Å². The lowest BCUT2D eigenvalue weighted by atomic mass is 9.90. The lowest BCUT2D eigenvalue weighted by Crippen LogP contribution is -2.18. The van der Waals surface area contributed by atoms with E-state index < -0.39 is 0 Å².